The van der Waals surface area contributed by atoms with Gasteiger partial charge in [0.1, 0.15) is 13.1 Å². The predicted molar refractivity (Wildman–Crippen MR) is 85.1 cm³/mol. The molecule has 0 aliphatic carbocycles. The molecule has 1 aliphatic rings. The highest BCUT2D eigenvalue weighted by Gasteiger charge is 2.12. The largest absolute Gasteiger partial charge is 0.370 e. The Labute approximate surface area is 126 Å². The molecule has 0 spiro atoms. The molecule has 1 aromatic rings. The number of thiocarbonyl (C=S) groups is 1. The summed E-state index contributed by atoms with van der Waals surface area (Å²) in [7, 11) is 0. The van der Waals surface area contributed by atoms with E-state index in [2.05, 4.69) is 34.9 Å². The van der Waals surface area contributed by atoms with Gasteiger partial charge >= 0.3 is 0 Å². The van der Waals surface area contributed by atoms with Gasteiger partial charge in [-0.1, -0.05) is 30.3 Å². The third kappa shape index (κ3) is 5.86. The molecule has 0 atom stereocenters. The van der Waals surface area contributed by atoms with Gasteiger partial charge in [-0.25, -0.2) is 0 Å². The van der Waals surface area contributed by atoms with Crippen molar-refractivity contribution in [2.75, 3.05) is 45.9 Å². The van der Waals surface area contributed by atoms with Crippen molar-refractivity contribution in [3.8, 4) is 0 Å². The smallest absolute Gasteiger partial charge is 0.166 e. The zero-order valence-electron chi connectivity index (χ0n) is 11.9. The second-order valence-electron chi connectivity index (χ2n) is 5.03. The molecule has 20 heavy (non-hydrogen) atoms. The molecule has 0 radical (unpaired) electrons. The van der Waals surface area contributed by atoms with E-state index in [1.807, 2.05) is 6.07 Å². The number of quaternary nitrogens is 1. The third-order valence-corrected chi connectivity index (χ3v) is 3.79. The molecule has 5 heteroatoms. The monoisotopic (exact) mass is 294 g/mol. The van der Waals surface area contributed by atoms with E-state index >= 15 is 0 Å². The molecule has 1 saturated heterocycles. The normalized spacial score (nSPS) is 15.8. The van der Waals surface area contributed by atoms with Crippen LogP contribution in [-0.4, -0.2) is 51.0 Å². The number of benzene rings is 1. The van der Waals surface area contributed by atoms with Crippen molar-refractivity contribution < 1.29 is 9.64 Å². The summed E-state index contributed by atoms with van der Waals surface area (Å²) < 4.78 is 5.34. The summed E-state index contributed by atoms with van der Waals surface area (Å²) in [4.78, 5) is 1.59. The number of hydrogen-bond acceptors (Lipinski definition) is 2. The van der Waals surface area contributed by atoms with E-state index in [9.17, 15) is 0 Å². The second-order valence-corrected chi connectivity index (χ2v) is 5.44. The van der Waals surface area contributed by atoms with Crippen molar-refractivity contribution in [2.45, 2.75) is 6.42 Å². The Morgan fingerprint density at radius 1 is 1.10 bits per heavy atom. The average Bonchev–Trinajstić information content (AvgIpc) is 2.49. The lowest BCUT2D eigenvalue weighted by atomic mass is 10.1. The number of nitrogens with one attached hydrogen (secondary N) is 3. The lowest BCUT2D eigenvalue weighted by molar-refractivity contribution is -0.906. The van der Waals surface area contributed by atoms with Gasteiger partial charge in [0.2, 0.25) is 0 Å². The maximum absolute atomic E-state index is 5.34. The van der Waals surface area contributed by atoms with E-state index in [1.54, 1.807) is 4.90 Å². The van der Waals surface area contributed by atoms with Crippen molar-refractivity contribution in [3.05, 3.63) is 35.9 Å². The molecular formula is C15H24N3OS+. The highest BCUT2D eigenvalue weighted by molar-refractivity contribution is 7.80. The van der Waals surface area contributed by atoms with Crippen LogP contribution in [0.4, 0.5) is 0 Å². The van der Waals surface area contributed by atoms with Crippen LogP contribution in [0.5, 0.6) is 0 Å². The number of morpholine rings is 1. The van der Waals surface area contributed by atoms with E-state index in [1.165, 1.54) is 5.56 Å². The molecule has 1 aliphatic heterocycles. The molecule has 2 rings (SSSR count). The molecule has 1 heterocycles. The zero-order valence-corrected chi connectivity index (χ0v) is 12.7. The van der Waals surface area contributed by atoms with Gasteiger partial charge in [0.05, 0.1) is 26.3 Å². The lowest BCUT2D eigenvalue weighted by Gasteiger charge is -2.24. The molecular weight excluding hydrogens is 270 g/mol. The van der Waals surface area contributed by atoms with E-state index in [0.717, 1.165) is 57.5 Å². The van der Waals surface area contributed by atoms with Crippen molar-refractivity contribution in [2.24, 2.45) is 0 Å². The Bertz CT molecular complexity index is 393. The SMILES string of the molecule is S=C(NCCc1ccccc1)NCC[NH+]1CCOCC1. The van der Waals surface area contributed by atoms with Crippen LogP contribution in [0.1, 0.15) is 5.56 Å². The fourth-order valence-electron chi connectivity index (χ4n) is 2.29. The summed E-state index contributed by atoms with van der Waals surface area (Å²) in [6.07, 6.45) is 0.997. The molecule has 3 N–H and O–H groups in total. The predicted octanol–water partition coefficient (Wildman–Crippen LogP) is -0.392. The molecule has 110 valence electrons. The Morgan fingerprint density at radius 2 is 1.80 bits per heavy atom. The average molecular weight is 294 g/mol. The Morgan fingerprint density at radius 3 is 2.55 bits per heavy atom. The van der Waals surface area contributed by atoms with E-state index in [0.29, 0.717) is 0 Å². The van der Waals surface area contributed by atoms with Crippen molar-refractivity contribution >= 4 is 17.3 Å². The molecule has 0 unspecified atom stereocenters. The standard InChI is InChI=1S/C15H23N3OS/c20-15(16-7-6-14-4-2-1-3-5-14)17-8-9-18-10-12-19-13-11-18/h1-5H,6-13H2,(H2,16,17,20)/p+1. The minimum atomic E-state index is 0.758. The first-order chi connectivity index (χ1) is 9.84. The summed E-state index contributed by atoms with van der Waals surface area (Å²) >= 11 is 5.28. The fourth-order valence-corrected chi connectivity index (χ4v) is 2.49. The van der Waals surface area contributed by atoms with E-state index in [4.69, 9.17) is 17.0 Å². The first kappa shape index (κ1) is 15.2. The van der Waals surface area contributed by atoms with Gasteiger partial charge in [0.25, 0.3) is 0 Å². The van der Waals surface area contributed by atoms with Crippen LogP contribution in [0.15, 0.2) is 30.3 Å². The molecule has 0 aromatic heterocycles. The summed E-state index contributed by atoms with van der Waals surface area (Å²) in [6.45, 7) is 6.88. The van der Waals surface area contributed by atoms with Gasteiger partial charge in [-0.05, 0) is 24.2 Å². The maximum atomic E-state index is 5.34. The summed E-state index contributed by atoms with van der Waals surface area (Å²) in [6, 6.07) is 10.4. The summed E-state index contributed by atoms with van der Waals surface area (Å²) in [5.74, 6) is 0. The first-order valence-corrected chi connectivity index (χ1v) is 7.72. The highest BCUT2D eigenvalue weighted by atomic mass is 32.1. The van der Waals surface area contributed by atoms with Gasteiger partial charge in [-0.15, -0.1) is 0 Å². The molecule has 0 saturated carbocycles. The number of ether oxygens (including phenoxy) is 1. The summed E-state index contributed by atoms with van der Waals surface area (Å²) in [5, 5.41) is 7.29. The van der Waals surface area contributed by atoms with Gasteiger partial charge in [-0.2, -0.15) is 0 Å². The Balaban J connectivity index is 1.52. The quantitative estimate of drug-likeness (QED) is 0.625. The van der Waals surface area contributed by atoms with Crippen LogP contribution in [-0.2, 0) is 11.2 Å². The van der Waals surface area contributed by atoms with Gasteiger partial charge in [-0.3, -0.25) is 0 Å². The third-order valence-electron chi connectivity index (χ3n) is 3.51. The van der Waals surface area contributed by atoms with Crippen LogP contribution in [0.2, 0.25) is 0 Å². The van der Waals surface area contributed by atoms with Crippen LogP contribution in [0.3, 0.4) is 0 Å². The van der Waals surface area contributed by atoms with Crippen LogP contribution < -0.4 is 15.5 Å². The van der Waals surface area contributed by atoms with Gasteiger partial charge in [0, 0.05) is 6.54 Å². The highest BCUT2D eigenvalue weighted by Crippen LogP contribution is 1.97. The summed E-state index contributed by atoms with van der Waals surface area (Å²) in [5.41, 5.74) is 1.33. The van der Waals surface area contributed by atoms with Gasteiger partial charge < -0.3 is 20.3 Å². The van der Waals surface area contributed by atoms with E-state index in [-0.39, 0.29) is 0 Å². The van der Waals surface area contributed by atoms with E-state index < -0.39 is 0 Å². The Hall–Kier alpha value is -1.17. The van der Waals surface area contributed by atoms with Crippen LogP contribution >= 0.6 is 12.2 Å². The lowest BCUT2D eigenvalue weighted by Crippen LogP contribution is -3.14. The van der Waals surface area contributed by atoms with Crippen LogP contribution in [0.25, 0.3) is 0 Å². The number of rotatable bonds is 6. The first-order valence-electron chi connectivity index (χ1n) is 7.31. The second kappa shape index (κ2) is 8.89. The number of hydrogen-bond donors (Lipinski definition) is 3. The van der Waals surface area contributed by atoms with Gasteiger partial charge in [0.15, 0.2) is 5.11 Å². The topological polar surface area (TPSA) is 37.7 Å². The minimum Gasteiger partial charge on any atom is -0.370 e. The molecule has 1 fully saturated rings. The van der Waals surface area contributed by atoms with Crippen molar-refractivity contribution in [3.63, 3.8) is 0 Å². The van der Waals surface area contributed by atoms with Crippen molar-refractivity contribution in [1.29, 1.82) is 0 Å². The fraction of sp³-hybridized carbons (Fsp3) is 0.533. The molecule has 0 bridgehead atoms. The van der Waals surface area contributed by atoms with Crippen molar-refractivity contribution in [1.82, 2.24) is 10.6 Å². The minimum absolute atomic E-state index is 0.758. The molecule has 1 aromatic carbocycles. The zero-order chi connectivity index (χ0) is 14.0. The molecule has 0 amide bonds. The molecule has 4 nitrogen and oxygen atoms in total. The van der Waals surface area contributed by atoms with Crippen LogP contribution in [0, 0.1) is 0 Å². The Kier molecular flexibility index (Phi) is 6.77. The maximum Gasteiger partial charge on any atom is 0.166 e.